The molecule has 3 aliphatic rings. The molecule has 0 saturated carbocycles. The first kappa shape index (κ1) is 28.8. The maximum atomic E-state index is 12.5. The zero-order valence-corrected chi connectivity index (χ0v) is 25.3. The molecule has 0 aliphatic carbocycles. The maximum Gasteiger partial charge on any atom is 0.271 e. The number of piperazine rings is 1. The summed E-state index contributed by atoms with van der Waals surface area (Å²) in [5.74, 6) is 0.267. The number of amides is 1. The molecule has 4 N–H and O–H groups in total. The molecule has 1 aromatic carbocycles. The highest BCUT2D eigenvalue weighted by Gasteiger charge is 2.28. The minimum absolute atomic E-state index is 0.0863. The average molecular weight is 592 g/mol. The van der Waals surface area contributed by atoms with Crippen molar-refractivity contribution in [2.45, 2.75) is 44.7 Å². The van der Waals surface area contributed by atoms with E-state index in [2.05, 4.69) is 61.4 Å². The van der Waals surface area contributed by atoms with Gasteiger partial charge in [0.25, 0.3) is 5.91 Å². The SMILES string of the molecule is Cc1cc(Nc2nc(NC3CCOCC3)c(-c3cscn3)nc2C(N)=O)ccc1N1CCC(N2CCN(C)CC2)CC1. The van der Waals surface area contributed by atoms with Crippen LogP contribution >= 0.6 is 11.3 Å². The highest BCUT2D eigenvalue weighted by molar-refractivity contribution is 7.07. The van der Waals surface area contributed by atoms with Crippen LogP contribution in [-0.4, -0.2) is 102 Å². The second-order valence-electron chi connectivity index (χ2n) is 11.6. The molecule has 3 aliphatic heterocycles. The van der Waals surface area contributed by atoms with Gasteiger partial charge >= 0.3 is 0 Å². The van der Waals surface area contributed by atoms with Crippen LogP contribution < -0.4 is 21.3 Å². The first-order valence-electron chi connectivity index (χ1n) is 14.9. The van der Waals surface area contributed by atoms with E-state index in [1.807, 2.05) is 11.4 Å². The monoisotopic (exact) mass is 591 g/mol. The number of hydrogen-bond donors (Lipinski definition) is 3. The smallest absolute Gasteiger partial charge is 0.271 e. The van der Waals surface area contributed by atoms with Crippen molar-refractivity contribution >= 4 is 40.3 Å². The van der Waals surface area contributed by atoms with Gasteiger partial charge in [-0.05, 0) is 63.4 Å². The zero-order valence-electron chi connectivity index (χ0n) is 24.5. The minimum atomic E-state index is -0.643. The van der Waals surface area contributed by atoms with Crippen molar-refractivity contribution < 1.29 is 9.53 Å². The van der Waals surface area contributed by atoms with Crippen LogP contribution in [0.3, 0.4) is 0 Å². The summed E-state index contributed by atoms with van der Waals surface area (Å²) in [6.07, 6.45) is 4.11. The number of aromatic nitrogens is 3. The van der Waals surface area contributed by atoms with E-state index in [0.29, 0.717) is 42.3 Å². The van der Waals surface area contributed by atoms with Crippen molar-refractivity contribution in [1.29, 1.82) is 0 Å². The molecule has 3 aromatic rings. The number of carbonyl (C=O) groups excluding carboxylic acids is 1. The molecule has 3 saturated heterocycles. The summed E-state index contributed by atoms with van der Waals surface area (Å²) >= 11 is 1.47. The Morgan fingerprint density at radius 1 is 1.02 bits per heavy atom. The number of ether oxygens (including phenoxy) is 1. The number of nitrogens with zero attached hydrogens (tertiary/aromatic N) is 6. The quantitative estimate of drug-likeness (QED) is 0.358. The largest absolute Gasteiger partial charge is 0.381 e. The molecule has 12 heteroatoms. The van der Waals surface area contributed by atoms with Gasteiger partial charge in [-0.3, -0.25) is 9.69 Å². The van der Waals surface area contributed by atoms with Crippen LogP contribution in [0.25, 0.3) is 11.4 Å². The minimum Gasteiger partial charge on any atom is -0.381 e. The lowest BCUT2D eigenvalue weighted by molar-refractivity contribution is 0.0904. The molecule has 42 heavy (non-hydrogen) atoms. The van der Waals surface area contributed by atoms with Gasteiger partial charge < -0.3 is 30.9 Å². The third-order valence-corrected chi connectivity index (χ3v) is 9.27. The lowest BCUT2D eigenvalue weighted by atomic mass is 10.0. The number of hydrogen-bond acceptors (Lipinski definition) is 11. The van der Waals surface area contributed by atoms with Gasteiger partial charge in [0.05, 0.1) is 5.51 Å². The summed E-state index contributed by atoms with van der Waals surface area (Å²) in [4.78, 5) is 34.1. The molecule has 3 fully saturated rings. The fraction of sp³-hybridized carbons (Fsp3) is 0.533. The van der Waals surface area contributed by atoms with Crippen molar-refractivity contribution in [2.24, 2.45) is 5.73 Å². The Hall–Kier alpha value is -3.32. The Morgan fingerprint density at radius 3 is 2.45 bits per heavy atom. The van der Waals surface area contributed by atoms with Gasteiger partial charge in [-0.15, -0.1) is 11.3 Å². The normalized spacial score (nSPS) is 19.6. The van der Waals surface area contributed by atoms with Gasteiger partial charge in [0.15, 0.2) is 17.3 Å². The summed E-state index contributed by atoms with van der Waals surface area (Å²) in [6.45, 7) is 10.3. The topological polar surface area (TPSA) is 125 Å². The number of likely N-dealkylation sites (N-methyl/N-ethyl adjacent to an activating group) is 1. The highest BCUT2D eigenvalue weighted by Crippen LogP contribution is 2.32. The number of nitrogens with one attached hydrogen (secondary N) is 2. The van der Waals surface area contributed by atoms with Gasteiger partial charge in [0.1, 0.15) is 11.4 Å². The number of primary amides is 1. The van der Waals surface area contributed by atoms with E-state index in [4.69, 9.17) is 15.5 Å². The Bertz CT molecular complexity index is 1360. The average Bonchev–Trinajstić information content (AvgIpc) is 3.53. The van der Waals surface area contributed by atoms with E-state index in [9.17, 15) is 4.79 Å². The molecule has 0 atom stereocenters. The van der Waals surface area contributed by atoms with Crippen LogP contribution in [0.1, 0.15) is 41.7 Å². The standard InChI is InChI=1S/C30H41N9O2S/c1-20-17-22(3-4-25(20)39-9-5-23(6-10-39)38-13-11-37(2)12-14-38)34-30-27(28(31)40)35-26(24-18-42-19-32-24)29(36-30)33-21-7-15-41-16-8-21/h3-4,17-19,21,23H,5-16H2,1-2H3,(H2,31,40)(H2,33,34,36). The Kier molecular flexibility index (Phi) is 8.84. The number of aryl methyl sites for hydroxylation is 1. The van der Waals surface area contributed by atoms with Crippen molar-refractivity contribution in [3.8, 4) is 11.4 Å². The predicted octanol–water partition coefficient (Wildman–Crippen LogP) is 3.56. The fourth-order valence-corrected chi connectivity index (χ4v) is 6.76. The Morgan fingerprint density at radius 2 is 1.79 bits per heavy atom. The lowest BCUT2D eigenvalue weighted by Crippen LogP contribution is -2.52. The van der Waals surface area contributed by atoms with E-state index < -0.39 is 5.91 Å². The van der Waals surface area contributed by atoms with Crippen molar-refractivity contribution in [3.05, 3.63) is 40.3 Å². The van der Waals surface area contributed by atoms with E-state index in [1.54, 1.807) is 5.51 Å². The van der Waals surface area contributed by atoms with E-state index in [-0.39, 0.29) is 11.7 Å². The third kappa shape index (κ3) is 6.51. The maximum absolute atomic E-state index is 12.5. The molecule has 0 spiro atoms. The van der Waals surface area contributed by atoms with Gasteiger partial charge in [0, 0.05) is 81.3 Å². The number of thiazole rings is 1. The summed E-state index contributed by atoms with van der Waals surface area (Å²) < 4.78 is 5.53. The zero-order chi connectivity index (χ0) is 29.1. The van der Waals surface area contributed by atoms with Crippen LogP contribution in [-0.2, 0) is 4.74 Å². The molecular weight excluding hydrogens is 550 g/mol. The number of carbonyl (C=O) groups is 1. The van der Waals surface area contributed by atoms with Crippen molar-refractivity contribution in [2.75, 3.05) is 75.1 Å². The number of anilines is 4. The molecule has 224 valence electrons. The number of nitrogens with two attached hydrogens (primary N) is 1. The first-order valence-corrected chi connectivity index (χ1v) is 15.9. The van der Waals surface area contributed by atoms with Gasteiger partial charge in [0.2, 0.25) is 0 Å². The van der Waals surface area contributed by atoms with Crippen molar-refractivity contribution in [3.63, 3.8) is 0 Å². The van der Waals surface area contributed by atoms with E-state index in [1.165, 1.54) is 48.5 Å². The second-order valence-corrected chi connectivity index (χ2v) is 12.3. The summed E-state index contributed by atoms with van der Waals surface area (Å²) in [7, 11) is 2.21. The van der Waals surface area contributed by atoms with Gasteiger partial charge in [-0.1, -0.05) is 0 Å². The highest BCUT2D eigenvalue weighted by atomic mass is 32.1. The molecular formula is C30H41N9O2S. The van der Waals surface area contributed by atoms with Crippen LogP contribution in [0.5, 0.6) is 0 Å². The molecule has 11 nitrogen and oxygen atoms in total. The summed E-state index contributed by atoms with van der Waals surface area (Å²) in [6, 6.07) is 7.18. The second kappa shape index (κ2) is 12.9. The van der Waals surface area contributed by atoms with Crippen LogP contribution in [0.15, 0.2) is 29.1 Å². The van der Waals surface area contributed by atoms with Gasteiger partial charge in [-0.25, -0.2) is 15.0 Å². The Labute approximate surface area is 251 Å². The third-order valence-electron chi connectivity index (χ3n) is 8.69. The fourth-order valence-electron chi connectivity index (χ4n) is 6.22. The number of benzene rings is 1. The molecule has 1 amide bonds. The van der Waals surface area contributed by atoms with Crippen LogP contribution in [0, 0.1) is 6.92 Å². The van der Waals surface area contributed by atoms with E-state index >= 15 is 0 Å². The molecule has 0 radical (unpaired) electrons. The molecule has 0 unspecified atom stereocenters. The lowest BCUT2D eigenvalue weighted by Gasteiger charge is -2.43. The summed E-state index contributed by atoms with van der Waals surface area (Å²) in [5.41, 5.74) is 12.1. The van der Waals surface area contributed by atoms with Crippen molar-refractivity contribution in [1.82, 2.24) is 24.8 Å². The first-order chi connectivity index (χ1) is 20.4. The number of piperidine rings is 1. The molecule has 5 heterocycles. The molecule has 6 rings (SSSR count). The van der Waals surface area contributed by atoms with Crippen LogP contribution in [0.2, 0.25) is 0 Å². The Balaban J connectivity index is 1.20. The molecule has 0 bridgehead atoms. The van der Waals surface area contributed by atoms with E-state index in [0.717, 1.165) is 44.7 Å². The number of rotatable bonds is 8. The molecule has 2 aromatic heterocycles. The summed E-state index contributed by atoms with van der Waals surface area (Å²) in [5, 5.41) is 8.77. The predicted molar refractivity (Wildman–Crippen MR) is 168 cm³/mol. The van der Waals surface area contributed by atoms with Gasteiger partial charge in [-0.2, -0.15) is 0 Å². The van der Waals surface area contributed by atoms with Crippen LogP contribution in [0.4, 0.5) is 23.0 Å².